The summed E-state index contributed by atoms with van der Waals surface area (Å²) in [4.78, 5) is 66.9. The lowest BCUT2D eigenvalue weighted by molar-refractivity contribution is -0.385. The molecule has 11 nitrogen and oxygen atoms in total. The SMILES string of the molecule is CN(C(=O)C(Cc1ccccc1)NC(=O)CN1CCN(C(=O)c2ccccc2[N+](=O)[O-])CC1=O)c1ccc(Cl)cc1. The first-order chi connectivity index (χ1) is 19.6. The van der Waals surface area contributed by atoms with Crippen LogP contribution in [0.25, 0.3) is 0 Å². The monoisotopic (exact) mass is 577 g/mol. The zero-order valence-corrected chi connectivity index (χ0v) is 23.0. The molecular formula is C29H28ClN5O6. The molecule has 0 bridgehead atoms. The van der Waals surface area contributed by atoms with E-state index in [4.69, 9.17) is 11.6 Å². The molecule has 0 saturated carbocycles. The summed E-state index contributed by atoms with van der Waals surface area (Å²) in [6.45, 7) is -0.490. The van der Waals surface area contributed by atoms with Crippen molar-refractivity contribution in [3.63, 3.8) is 0 Å². The average molecular weight is 578 g/mol. The van der Waals surface area contributed by atoms with E-state index in [-0.39, 0.29) is 49.8 Å². The molecule has 12 heteroatoms. The molecule has 1 aliphatic heterocycles. The smallest absolute Gasteiger partial charge is 0.282 e. The van der Waals surface area contributed by atoms with Crippen molar-refractivity contribution in [3.05, 3.63) is 105 Å². The van der Waals surface area contributed by atoms with Crippen molar-refractivity contribution in [2.75, 3.05) is 38.1 Å². The van der Waals surface area contributed by atoms with Crippen molar-refractivity contribution in [2.24, 2.45) is 0 Å². The van der Waals surface area contributed by atoms with E-state index in [1.165, 1.54) is 39.0 Å². The Labute approximate surface area is 241 Å². The van der Waals surface area contributed by atoms with E-state index in [2.05, 4.69) is 5.32 Å². The number of benzene rings is 3. The number of nitro groups is 1. The number of nitrogens with one attached hydrogen (secondary N) is 1. The molecule has 1 heterocycles. The second-order valence-corrected chi connectivity index (χ2v) is 9.94. The minimum atomic E-state index is -0.915. The van der Waals surface area contributed by atoms with Crippen LogP contribution in [0.2, 0.25) is 5.02 Å². The summed E-state index contributed by atoms with van der Waals surface area (Å²) in [5, 5.41) is 14.6. The fraction of sp³-hybridized carbons (Fsp3) is 0.241. The molecule has 1 fully saturated rings. The van der Waals surface area contributed by atoms with Crippen LogP contribution < -0.4 is 10.2 Å². The maximum Gasteiger partial charge on any atom is 0.282 e. The van der Waals surface area contributed by atoms with Gasteiger partial charge in [0.25, 0.3) is 11.6 Å². The molecule has 1 unspecified atom stereocenters. The molecule has 1 N–H and O–H groups in total. The number of hydrogen-bond acceptors (Lipinski definition) is 6. The number of rotatable bonds is 9. The van der Waals surface area contributed by atoms with E-state index in [1.807, 2.05) is 30.3 Å². The van der Waals surface area contributed by atoms with Gasteiger partial charge < -0.3 is 20.0 Å². The number of piperazine rings is 1. The highest BCUT2D eigenvalue weighted by molar-refractivity contribution is 6.30. The van der Waals surface area contributed by atoms with Gasteiger partial charge in [0.05, 0.1) is 11.5 Å². The van der Waals surface area contributed by atoms with Crippen LogP contribution in [0, 0.1) is 10.1 Å². The number of hydrogen-bond donors (Lipinski definition) is 1. The largest absolute Gasteiger partial charge is 0.342 e. The maximum absolute atomic E-state index is 13.5. The number of amides is 4. The third-order valence-electron chi connectivity index (χ3n) is 6.73. The van der Waals surface area contributed by atoms with Gasteiger partial charge in [-0.3, -0.25) is 29.3 Å². The molecule has 0 aromatic heterocycles. The summed E-state index contributed by atoms with van der Waals surface area (Å²) >= 11 is 5.97. The zero-order chi connectivity index (χ0) is 29.5. The number of likely N-dealkylation sites (N-methyl/N-ethyl adjacent to an activating group) is 1. The fourth-order valence-electron chi connectivity index (χ4n) is 4.52. The molecule has 1 aliphatic rings. The summed E-state index contributed by atoms with van der Waals surface area (Å²) in [6.07, 6.45) is 0.232. The van der Waals surface area contributed by atoms with Gasteiger partial charge in [0.1, 0.15) is 18.2 Å². The summed E-state index contributed by atoms with van der Waals surface area (Å²) in [5.74, 6) is -2.00. The Morgan fingerprint density at radius 2 is 1.66 bits per heavy atom. The molecule has 1 atom stereocenters. The predicted molar refractivity (Wildman–Crippen MR) is 153 cm³/mol. The number of nitrogens with zero attached hydrogens (tertiary/aromatic N) is 4. The number of nitro benzene ring substituents is 1. The van der Waals surface area contributed by atoms with Gasteiger partial charge in [-0.05, 0) is 35.9 Å². The van der Waals surface area contributed by atoms with Gasteiger partial charge in [-0.25, -0.2) is 0 Å². The molecule has 4 amide bonds. The van der Waals surface area contributed by atoms with E-state index in [9.17, 15) is 29.3 Å². The van der Waals surface area contributed by atoms with Crippen LogP contribution in [-0.2, 0) is 20.8 Å². The van der Waals surface area contributed by atoms with Crippen LogP contribution in [-0.4, -0.2) is 77.6 Å². The van der Waals surface area contributed by atoms with E-state index >= 15 is 0 Å². The standard InChI is InChI=1S/C29H28ClN5O6/c1-32(22-13-11-21(30)12-14-22)29(39)24(17-20-7-3-2-4-8-20)31-26(36)18-33-15-16-34(19-27(33)37)28(38)23-9-5-6-10-25(23)35(40)41/h2-14,24H,15-19H2,1H3,(H,31,36). The van der Waals surface area contributed by atoms with Crippen LogP contribution in [0.1, 0.15) is 15.9 Å². The van der Waals surface area contributed by atoms with Crippen molar-refractivity contribution in [3.8, 4) is 0 Å². The Balaban J connectivity index is 1.41. The second kappa shape index (κ2) is 13.1. The van der Waals surface area contributed by atoms with Gasteiger partial charge in [0, 0.05) is 43.3 Å². The summed E-state index contributed by atoms with van der Waals surface area (Å²) < 4.78 is 0. The quantitative estimate of drug-likeness (QED) is 0.307. The number of para-hydroxylation sites is 1. The minimum Gasteiger partial charge on any atom is -0.342 e. The molecule has 4 rings (SSSR count). The molecule has 0 aliphatic carbocycles. The van der Waals surface area contributed by atoms with Crippen molar-refractivity contribution in [2.45, 2.75) is 12.5 Å². The molecule has 212 valence electrons. The summed E-state index contributed by atoms with van der Waals surface area (Å²) in [7, 11) is 1.60. The molecule has 3 aromatic rings. The fourth-order valence-corrected chi connectivity index (χ4v) is 4.65. The maximum atomic E-state index is 13.5. The highest BCUT2D eigenvalue weighted by Gasteiger charge is 2.33. The Morgan fingerprint density at radius 1 is 1.00 bits per heavy atom. The van der Waals surface area contributed by atoms with Crippen LogP contribution in [0.4, 0.5) is 11.4 Å². The topological polar surface area (TPSA) is 133 Å². The Hall–Kier alpha value is -4.77. The zero-order valence-electron chi connectivity index (χ0n) is 22.2. The molecule has 3 aromatic carbocycles. The molecule has 1 saturated heterocycles. The van der Waals surface area contributed by atoms with Crippen LogP contribution >= 0.6 is 11.6 Å². The Bertz CT molecular complexity index is 1450. The first kappa shape index (κ1) is 29.2. The van der Waals surface area contributed by atoms with Crippen LogP contribution in [0.3, 0.4) is 0 Å². The third-order valence-corrected chi connectivity index (χ3v) is 6.98. The van der Waals surface area contributed by atoms with E-state index in [1.54, 1.807) is 31.3 Å². The van der Waals surface area contributed by atoms with Crippen LogP contribution in [0.15, 0.2) is 78.9 Å². The van der Waals surface area contributed by atoms with Crippen molar-refractivity contribution in [1.82, 2.24) is 15.1 Å². The van der Waals surface area contributed by atoms with Gasteiger partial charge in [-0.1, -0.05) is 54.1 Å². The lowest BCUT2D eigenvalue weighted by Crippen LogP contribution is -2.56. The van der Waals surface area contributed by atoms with Gasteiger partial charge in [0.2, 0.25) is 17.7 Å². The molecule has 41 heavy (non-hydrogen) atoms. The molecule has 0 radical (unpaired) electrons. The average Bonchev–Trinajstić information content (AvgIpc) is 2.97. The highest BCUT2D eigenvalue weighted by atomic mass is 35.5. The number of halogens is 1. The Kier molecular flexibility index (Phi) is 9.30. The van der Waals surface area contributed by atoms with E-state index in [0.29, 0.717) is 10.7 Å². The highest BCUT2D eigenvalue weighted by Crippen LogP contribution is 2.21. The van der Waals surface area contributed by atoms with Crippen LogP contribution in [0.5, 0.6) is 0 Å². The molecular weight excluding hydrogens is 550 g/mol. The van der Waals surface area contributed by atoms with E-state index < -0.39 is 28.7 Å². The lowest BCUT2D eigenvalue weighted by Gasteiger charge is -2.34. The van der Waals surface area contributed by atoms with Gasteiger partial charge >= 0.3 is 0 Å². The number of anilines is 1. The van der Waals surface area contributed by atoms with Crippen molar-refractivity contribution in [1.29, 1.82) is 0 Å². The van der Waals surface area contributed by atoms with Crippen molar-refractivity contribution >= 4 is 46.6 Å². The first-order valence-corrected chi connectivity index (χ1v) is 13.2. The first-order valence-electron chi connectivity index (χ1n) is 12.8. The van der Waals surface area contributed by atoms with Crippen molar-refractivity contribution < 1.29 is 24.1 Å². The number of carbonyl (C=O) groups excluding carboxylic acids is 4. The summed E-state index contributed by atoms with van der Waals surface area (Å²) in [5.41, 5.74) is 0.989. The minimum absolute atomic E-state index is 0.0562. The third kappa shape index (κ3) is 7.25. The second-order valence-electron chi connectivity index (χ2n) is 9.50. The summed E-state index contributed by atoms with van der Waals surface area (Å²) in [6, 6.07) is 20.6. The normalized spacial score (nSPS) is 13.9. The predicted octanol–water partition coefficient (Wildman–Crippen LogP) is 2.92. The number of carbonyl (C=O) groups is 4. The van der Waals surface area contributed by atoms with E-state index in [0.717, 1.165) is 5.56 Å². The lowest BCUT2D eigenvalue weighted by atomic mass is 10.0. The van der Waals surface area contributed by atoms with Gasteiger partial charge in [0.15, 0.2) is 0 Å². The van der Waals surface area contributed by atoms with Gasteiger partial charge in [-0.2, -0.15) is 0 Å². The Morgan fingerprint density at radius 3 is 2.32 bits per heavy atom. The molecule has 0 spiro atoms. The van der Waals surface area contributed by atoms with Gasteiger partial charge in [-0.15, -0.1) is 0 Å².